The van der Waals surface area contributed by atoms with E-state index in [0.29, 0.717) is 11.5 Å². The summed E-state index contributed by atoms with van der Waals surface area (Å²) in [6.45, 7) is 6.43. The third-order valence-corrected chi connectivity index (χ3v) is 4.06. The van der Waals surface area contributed by atoms with Gasteiger partial charge in [-0.05, 0) is 53.4 Å². The van der Waals surface area contributed by atoms with Gasteiger partial charge in [0.1, 0.15) is 23.9 Å². The molecule has 0 saturated heterocycles. The number of anilines is 1. The molecule has 0 unspecified atom stereocenters. The highest BCUT2D eigenvalue weighted by molar-refractivity contribution is 6.02. The molecule has 1 aromatic heterocycles. The maximum absolute atomic E-state index is 12.9. The number of benzene rings is 2. The van der Waals surface area contributed by atoms with Crippen LogP contribution in [0.1, 0.15) is 42.6 Å². The molecule has 0 aliphatic rings. The number of carbonyl (C=O) groups is 1. The summed E-state index contributed by atoms with van der Waals surface area (Å²) in [4.78, 5) is 12.5. The summed E-state index contributed by atoms with van der Waals surface area (Å²) in [6, 6.07) is 16.7. The number of ether oxygens (including phenoxy) is 1. The van der Waals surface area contributed by atoms with E-state index in [0.717, 1.165) is 11.3 Å². The third-order valence-electron chi connectivity index (χ3n) is 4.06. The van der Waals surface area contributed by atoms with Crippen LogP contribution in [-0.4, -0.2) is 5.91 Å². The van der Waals surface area contributed by atoms with Crippen molar-refractivity contribution >= 4 is 11.6 Å². The molecule has 0 saturated carbocycles. The predicted molar refractivity (Wildman–Crippen MR) is 103 cm³/mol. The Balaban J connectivity index is 1.66. The number of amides is 1. The fourth-order valence-electron chi connectivity index (χ4n) is 2.69. The number of nitrogens with one attached hydrogen (secondary N) is 1. The summed E-state index contributed by atoms with van der Waals surface area (Å²) in [6.07, 6.45) is 0. The Kier molecular flexibility index (Phi) is 5.31. The largest absolute Gasteiger partial charge is 0.486 e. The van der Waals surface area contributed by atoms with Crippen LogP contribution in [0.15, 0.2) is 65.1 Å². The van der Waals surface area contributed by atoms with Crippen LogP contribution in [0, 0.1) is 5.82 Å². The van der Waals surface area contributed by atoms with Crippen molar-refractivity contribution in [2.75, 3.05) is 5.32 Å². The average molecular weight is 367 g/mol. The van der Waals surface area contributed by atoms with Crippen LogP contribution in [0.5, 0.6) is 5.75 Å². The van der Waals surface area contributed by atoms with Gasteiger partial charge in [0.25, 0.3) is 5.91 Å². The molecule has 2 aromatic carbocycles. The molecule has 0 spiro atoms. The minimum atomic E-state index is -0.324. The van der Waals surface area contributed by atoms with Crippen LogP contribution < -0.4 is 10.1 Å². The Morgan fingerprint density at radius 2 is 1.74 bits per heavy atom. The molecule has 0 radical (unpaired) electrons. The quantitative estimate of drug-likeness (QED) is 0.643. The average Bonchev–Trinajstić information content (AvgIpc) is 3.10. The number of furan rings is 1. The molecule has 1 N–H and O–H groups in total. The third kappa shape index (κ3) is 4.76. The van der Waals surface area contributed by atoms with Crippen LogP contribution in [0.2, 0.25) is 0 Å². The van der Waals surface area contributed by atoms with E-state index in [4.69, 9.17) is 9.15 Å². The van der Waals surface area contributed by atoms with E-state index < -0.39 is 0 Å². The van der Waals surface area contributed by atoms with Gasteiger partial charge < -0.3 is 14.5 Å². The zero-order chi connectivity index (χ0) is 19.4. The van der Waals surface area contributed by atoms with Crippen LogP contribution in [-0.2, 0) is 12.0 Å². The topological polar surface area (TPSA) is 51.5 Å². The Bertz CT molecular complexity index is 923. The van der Waals surface area contributed by atoms with Gasteiger partial charge in [-0.3, -0.25) is 4.79 Å². The monoisotopic (exact) mass is 367 g/mol. The first-order valence-corrected chi connectivity index (χ1v) is 8.71. The zero-order valence-corrected chi connectivity index (χ0v) is 15.6. The van der Waals surface area contributed by atoms with Gasteiger partial charge in [-0.25, -0.2) is 4.39 Å². The van der Waals surface area contributed by atoms with E-state index in [2.05, 4.69) is 26.1 Å². The molecular formula is C22H22FNO3. The van der Waals surface area contributed by atoms with Gasteiger partial charge in [0.15, 0.2) is 5.76 Å². The second kappa shape index (κ2) is 7.66. The molecule has 0 atom stereocenters. The summed E-state index contributed by atoms with van der Waals surface area (Å²) in [5.41, 5.74) is 1.71. The van der Waals surface area contributed by atoms with Crippen LogP contribution >= 0.6 is 0 Å². The van der Waals surface area contributed by atoms with Gasteiger partial charge in [-0.15, -0.1) is 0 Å². The lowest BCUT2D eigenvalue weighted by molar-refractivity contribution is 0.0992. The second-order valence-corrected chi connectivity index (χ2v) is 7.26. The standard InChI is InChI=1S/C22H22FNO3/c1-22(2,3)18-6-4-5-7-19(18)24-21(25)20-13-12-17(27-20)14-26-16-10-8-15(23)9-11-16/h4-13H,14H2,1-3H3,(H,24,25). The molecule has 1 heterocycles. The van der Waals surface area contributed by atoms with Gasteiger partial charge in [0.2, 0.25) is 0 Å². The first kappa shape index (κ1) is 18.7. The van der Waals surface area contributed by atoms with Crippen molar-refractivity contribution < 1.29 is 18.3 Å². The Morgan fingerprint density at radius 3 is 2.44 bits per heavy atom. The Morgan fingerprint density at radius 1 is 1.04 bits per heavy atom. The summed E-state index contributed by atoms with van der Waals surface area (Å²) in [5, 5.41) is 2.91. The molecule has 3 rings (SSSR count). The maximum Gasteiger partial charge on any atom is 0.291 e. The summed E-state index contributed by atoms with van der Waals surface area (Å²) in [5.74, 6) is 0.595. The van der Waals surface area contributed by atoms with E-state index in [1.807, 2.05) is 24.3 Å². The van der Waals surface area contributed by atoms with E-state index in [9.17, 15) is 9.18 Å². The lowest BCUT2D eigenvalue weighted by atomic mass is 9.86. The molecule has 3 aromatic rings. The SMILES string of the molecule is CC(C)(C)c1ccccc1NC(=O)c1ccc(COc2ccc(F)cc2)o1. The van der Waals surface area contributed by atoms with E-state index in [1.54, 1.807) is 12.1 Å². The fraction of sp³-hybridized carbons (Fsp3) is 0.227. The first-order chi connectivity index (χ1) is 12.8. The molecule has 140 valence electrons. The molecule has 0 bridgehead atoms. The molecule has 5 heteroatoms. The number of hydrogen-bond donors (Lipinski definition) is 1. The highest BCUT2D eigenvalue weighted by Crippen LogP contribution is 2.29. The Hall–Kier alpha value is -3.08. The van der Waals surface area contributed by atoms with Gasteiger partial charge in [0.05, 0.1) is 0 Å². The number of rotatable bonds is 5. The van der Waals surface area contributed by atoms with Crippen molar-refractivity contribution in [1.29, 1.82) is 0 Å². The molecule has 27 heavy (non-hydrogen) atoms. The molecule has 1 amide bonds. The Labute approximate surface area is 158 Å². The van der Waals surface area contributed by atoms with Gasteiger partial charge in [0, 0.05) is 5.69 Å². The van der Waals surface area contributed by atoms with Crippen LogP contribution in [0.3, 0.4) is 0 Å². The van der Waals surface area contributed by atoms with E-state index in [1.165, 1.54) is 24.3 Å². The summed E-state index contributed by atoms with van der Waals surface area (Å²) >= 11 is 0. The lowest BCUT2D eigenvalue weighted by Crippen LogP contribution is -2.18. The zero-order valence-electron chi connectivity index (χ0n) is 15.6. The van der Waals surface area contributed by atoms with Crippen LogP contribution in [0.25, 0.3) is 0 Å². The number of carbonyl (C=O) groups excluding carboxylic acids is 1. The minimum Gasteiger partial charge on any atom is -0.486 e. The molecule has 0 aliphatic carbocycles. The molecule has 4 nitrogen and oxygen atoms in total. The summed E-state index contributed by atoms with van der Waals surface area (Å²) in [7, 11) is 0. The molecular weight excluding hydrogens is 345 g/mol. The van der Waals surface area contributed by atoms with E-state index >= 15 is 0 Å². The number of para-hydroxylation sites is 1. The maximum atomic E-state index is 12.9. The minimum absolute atomic E-state index is 0.0960. The lowest BCUT2D eigenvalue weighted by Gasteiger charge is -2.22. The van der Waals surface area contributed by atoms with Crippen molar-refractivity contribution in [2.24, 2.45) is 0 Å². The number of hydrogen-bond acceptors (Lipinski definition) is 3. The van der Waals surface area contributed by atoms with Crippen molar-refractivity contribution in [3.05, 3.63) is 83.6 Å². The van der Waals surface area contributed by atoms with Gasteiger partial charge in [-0.2, -0.15) is 0 Å². The fourth-order valence-corrected chi connectivity index (χ4v) is 2.69. The highest BCUT2D eigenvalue weighted by atomic mass is 19.1. The van der Waals surface area contributed by atoms with Crippen LogP contribution in [0.4, 0.5) is 10.1 Å². The van der Waals surface area contributed by atoms with Gasteiger partial charge in [-0.1, -0.05) is 39.0 Å². The normalized spacial score (nSPS) is 11.3. The van der Waals surface area contributed by atoms with Crippen molar-refractivity contribution in [3.8, 4) is 5.75 Å². The molecule has 0 fully saturated rings. The molecule has 0 aliphatic heterocycles. The summed E-state index contributed by atoms with van der Waals surface area (Å²) < 4.78 is 24.0. The van der Waals surface area contributed by atoms with Crippen molar-refractivity contribution in [2.45, 2.75) is 32.8 Å². The van der Waals surface area contributed by atoms with Crippen molar-refractivity contribution in [1.82, 2.24) is 0 Å². The first-order valence-electron chi connectivity index (χ1n) is 8.71. The smallest absolute Gasteiger partial charge is 0.291 e. The van der Waals surface area contributed by atoms with Gasteiger partial charge >= 0.3 is 0 Å². The van der Waals surface area contributed by atoms with Crippen molar-refractivity contribution in [3.63, 3.8) is 0 Å². The van der Waals surface area contributed by atoms with E-state index in [-0.39, 0.29) is 29.5 Å². The number of halogens is 1. The predicted octanol–water partition coefficient (Wildman–Crippen LogP) is 5.55. The highest BCUT2D eigenvalue weighted by Gasteiger charge is 2.20. The second-order valence-electron chi connectivity index (χ2n) is 7.26.